The molecule has 0 spiro atoms. The van der Waals surface area contributed by atoms with Gasteiger partial charge in [0.25, 0.3) is 0 Å². The third-order valence-electron chi connectivity index (χ3n) is 2.93. The van der Waals surface area contributed by atoms with Gasteiger partial charge in [-0.15, -0.1) is 0 Å². The molecule has 0 bridgehead atoms. The molecule has 0 unspecified atom stereocenters. The number of piperidine rings is 1. The van der Waals surface area contributed by atoms with Crippen LogP contribution in [0.15, 0.2) is 28.7 Å². The molecular formula is C13H14BrNO2. The molecule has 4 heteroatoms. The maximum Gasteiger partial charge on any atom is 0.222 e. The van der Waals surface area contributed by atoms with E-state index in [2.05, 4.69) is 15.9 Å². The van der Waals surface area contributed by atoms with Gasteiger partial charge in [0.2, 0.25) is 5.91 Å². The molecule has 0 aliphatic carbocycles. The lowest BCUT2D eigenvalue weighted by Crippen LogP contribution is -2.39. The number of carbonyl (C=O) groups excluding carboxylic acids is 2. The van der Waals surface area contributed by atoms with E-state index in [0.29, 0.717) is 18.5 Å². The van der Waals surface area contributed by atoms with Crippen molar-refractivity contribution in [3.8, 4) is 0 Å². The first kappa shape index (κ1) is 12.3. The smallest absolute Gasteiger partial charge is 0.222 e. The second-order valence-corrected chi connectivity index (χ2v) is 5.03. The van der Waals surface area contributed by atoms with Gasteiger partial charge in [-0.3, -0.25) is 9.59 Å². The van der Waals surface area contributed by atoms with E-state index in [1.807, 2.05) is 18.2 Å². The van der Waals surface area contributed by atoms with Gasteiger partial charge in [-0.1, -0.05) is 34.1 Å². The summed E-state index contributed by atoms with van der Waals surface area (Å²) in [6.45, 7) is 0.899. The Balaban J connectivity index is 2.06. The van der Waals surface area contributed by atoms with Crippen LogP contribution in [0.2, 0.25) is 0 Å². The number of nitrogens with zero attached hydrogens (tertiary/aromatic N) is 1. The first-order chi connectivity index (χ1) is 8.18. The summed E-state index contributed by atoms with van der Waals surface area (Å²) in [5, 5.41) is 0. The average Bonchev–Trinajstić information content (AvgIpc) is 2.32. The predicted octanol–water partition coefficient (Wildman–Crippen LogP) is 2.64. The topological polar surface area (TPSA) is 37.4 Å². The van der Waals surface area contributed by atoms with E-state index in [4.69, 9.17) is 0 Å². The minimum absolute atomic E-state index is 0.00674. The zero-order valence-corrected chi connectivity index (χ0v) is 11.1. The summed E-state index contributed by atoms with van der Waals surface area (Å²) in [6.07, 6.45) is 2.51. The number of hydrogen-bond acceptors (Lipinski definition) is 2. The maximum absolute atomic E-state index is 12.1. The Morgan fingerprint density at radius 1 is 1.29 bits per heavy atom. The molecule has 1 aromatic rings. The van der Waals surface area contributed by atoms with Crippen molar-refractivity contribution in [3.05, 3.63) is 34.3 Å². The Kier molecular flexibility index (Phi) is 3.94. The summed E-state index contributed by atoms with van der Waals surface area (Å²) in [5.41, 5.74) is 0.644. The summed E-state index contributed by atoms with van der Waals surface area (Å²) in [5.74, 6) is 0.0874. The number of halogens is 1. The zero-order valence-electron chi connectivity index (χ0n) is 9.49. The first-order valence-electron chi connectivity index (χ1n) is 5.74. The average molecular weight is 296 g/mol. The van der Waals surface area contributed by atoms with Gasteiger partial charge in [-0.05, 0) is 18.9 Å². The Morgan fingerprint density at radius 3 is 2.76 bits per heavy atom. The van der Waals surface area contributed by atoms with Crippen molar-refractivity contribution in [2.24, 2.45) is 0 Å². The monoisotopic (exact) mass is 295 g/mol. The highest BCUT2D eigenvalue weighted by atomic mass is 79.9. The Bertz CT molecular complexity index is 445. The standard InChI is InChI=1S/C13H14BrNO2/c14-11-6-2-1-5-10(11)12(16)9-15-8-4-3-7-13(15)17/h1-2,5-6H,3-4,7-9H2. The zero-order chi connectivity index (χ0) is 12.3. The fraction of sp³-hybridized carbons (Fsp3) is 0.385. The molecule has 1 saturated heterocycles. The van der Waals surface area contributed by atoms with E-state index in [0.717, 1.165) is 17.3 Å². The molecule has 2 rings (SSSR count). The van der Waals surface area contributed by atoms with Gasteiger partial charge in [0.05, 0.1) is 6.54 Å². The Hall–Kier alpha value is -1.16. The first-order valence-corrected chi connectivity index (χ1v) is 6.53. The van der Waals surface area contributed by atoms with Crippen LogP contribution in [0.25, 0.3) is 0 Å². The molecule has 0 aromatic heterocycles. The summed E-state index contributed by atoms with van der Waals surface area (Å²) in [4.78, 5) is 25.3. The largest absolute Gasteiger partial charge is 0.335 e. The summed E-state index contributed by atoms with van der Waals surface area (Å²) >= 11 is 3.35. The lowest BCUT2D eigenvalue weighted by atomic mass is 10.1. The molecule has 1 aromatic carbocycles. The quantitative estimate of drug-likeness (QED) is 0.804. The highest BCUT2D eigenvalue weighted by Gasteiger charge is 2.21. The molecule has 1 amide bonds. The minimum atomic E-state index is -0.00674. The van der Waals surface area contributed by atoms with E-state index in [-0.39, 0.29) is 18.2 Å². The van der Waals surface area contributed by atoms with Crippen molar-refractivity contribution < 1.29 is 9.59 Å². The molecule has 3 nitrogen and oxygen atoms in total. The summed E-state index contributed by atoms with van der Waals surface area (Å²) in [6, 6.07) is 7.31. The SMILES string of the molecule is O=C(CN1CCCCC1=O)c1ccccc1Br. The molecule has 1 heterocycles. The highest BCUT2D eigenvalue weighted by molar-refractivity contribution is 9.10. The molecule has 0 atom stereocenters. The highest BCUT2D eigenvalue weighted by Crippen LogP contribution is 2.18. The molecule has 0 radical (unpaired) electrons. The minimum Gasteiger partial charge on any atom is -0.335 e. The summed E-state index contributed by atoms with van der Waals surface area (Å²) in [7, 11) is 0. The van der Waals surface area contributed by atoms with Gasteiger partial charge >= 0.3 is 0 Å². The molecular weight excluding hydrogens is 282 g/mol. The van der Waals surface area contributed by atoms with Crippen molar-refractivity contribution in [1.29, 1.82) is 0 Å². The second kappa shape index (κ2) is 5.45. The van der Waals surface area contributed by atoms with Crippen LogP contribution in [0.3, 0.4) is 0 Å². The van der Waals surface area contributed by atoms with Crippen LogP contribution in [-0.4, -0.2) is 29.7 Å². The van der Waals surface area contributed by atoms with Crippen LogP contribution < -0.4 is 0 Å². The second-order valence-electron chi connectivity index (χ2n) is 4.18. The number of Topliss-reactive ketones (excluding diaryl/α,β-unsaturated/α-hetero) is 1. The third-order valence-corrected chi connectivity index (χ3v) is 3.62. The molecule has 1 aliphatic heterocycles. The molecule has 90 valence electrons. The number of ketones is 1. The van der Waals surface area contributed by atoms with Crippen LogP contribution in [0, 0.1) is 0 Å². The van der Waals surface area contributed by atoms with E-state index in [1.165, 1.54) is 0 Å². The van der Waals surface area contributed by atoms with Crippen molar-refractivity contribution in [2.45, 2.75) is 19.3 Å². The molecule has 0 saturated carbocycles. The van der Waals surface area contributed by atoms with Gasteiger partial charge in [0, 0.05) is 23.0 Å². The van der Waals surface area contributed by atoms with Gasteiger partial charge in [0.15, 0.2) is 5.78 Å². The van der Waals surface area contributed by atoms with Crippen LogP contribution in [0.4, 0.5) is 0 Å². The van der Waals surface area contributed by atoms with E-state index < -0.39 is 0 Å². The maximum atomic E-state index is 12.1. The normalized spacial score (nSPS) is 16.1. The number of hydrogen-bond donors (Lipinski definition) is 0. The van der Waals surface area contributed by atoms with Gasteiger partial charge in [0.1, 0.15) is 0 Å². The van der Waals surface area contributed by atoms with Crippen molar-refractivity contribution in [2.75, 3.05) is 13.1 Å². The lowest BCUT2D eigenvalue weighted by Gasteiger charge is -2.26. The van der Waals surface area contributed by atoms with Crippen LogP contribution in [0.5, 0.6) is 0 Å². The molecule has 1 fully saturated rings. The van der Waals surface area contributed by atoms with Gasteiger partial charge in [-0.25, -0.2) is 0 Å². The van der Waals surface area contributed by atoms with Crippen molar-refractivity contribution in [3.63, 3.8) is 0 Å². The number of rotatable bonds is 3. The van der Waals surface area contributed by atoms with Crippen LogP contribution >= 0.6 is 15.9 Å². The van der Waals surface area contributed by atoms with Crippen LogP contribution in [0.1, 0.15) is 29.6 Å². The Labute approximate surface area is 109 Å². The molecule has 0 N–H and O–H groups in total. The van der Waals surface area contributed by atoms with Crippen LogP contribution in [-0.2, 0) is 4.79 Å². The lowest BCUT2D eigenvalue weighted by molar-refractivity contribution is -0.132. The number of carbonyl (C=O) groups is 2. The number of benzene rings is 1. The Morgan fingerprint density at radius 2 is 2.06 bits per heavy atom. The third kappa shape index (κ3) is 2.94. The van der Waals surface area contributed by atoms with E-state index in [9.17, 15) is 9.59 Å². The van der Waals surface area contributed by atoms with Gasteiger partial charge in [-0.2, -0.15) is 0 Å². The van der Waals surface area contributed by atoms with E-state index in [1.54, 1.807) is 11.0 Å². The van der Waals surface area contributed by atoms with Crippen molar-refractivity contribution >= 4 is 27.6 Å². The number of likely N-dealkylation sites (tertiary alicyclic amines) is 1. The molecule has 17 heavy (non-hydrogen) atoms. The fourth-order valence-electron chi connectivity index (χ4n) is 1.97. The van der Waals surface area contributed by atoms with Crippen molar-refractivity contribution in [1.82, 2.24) is 4.90 Å². The van der Waals surface area contributed by atoms with Gasteiger partial charge < -0.3 is 4.90 Å². The fourth-order valence-corrected chi connectivity index (χ4v) is 2.48. The predicted molar refractivity (Wildman–Crippen MR) is 68.9 cm³/mol. The summed E-state index contributed by atoms with van der Waals surface area (Å²) < 4.78 is 0.787. The number of amides is 1. The van der Waals surface area contributed by atoms with E-state index >= 15 is 0 Å². The molecule has 1 aliphatic rings.